The Morgan fingerprint density at radius 1 is 1.26 bits per heavy atom. The fourth-order valence-corrected chi connectivity index (χ4v) is 1.97. The first kappa shape index (κ1) is 13.5. The van der Waals surface area contributed by atoms with E-state index in [1.54, 1.807) is 6.20 Å². The maximum atomic E-state index is 4.66. The highest BCUT2D eigenvalue weighted by molar-refractivity contribution is 5.60. The number of pyridine rings is 1. The van der Waals surface area contributed by atoms with Crippen LogP contribution in [0.25, 0.3) is 11.4 Å². The van der Waals surface area contributed by atoms with Crippen LogP contribution in [0.15, 0.2) is 24.5 Å². The van der Waals surface area contributed by atoms with Crippen LogP contribution in [0.3, 0.4) is 0 Å². The summed E-state index contributed by atoms with van der Waals surface area (Å²) in [6.45, 7) is 6.43. The van der Waals surface area contributed by atoms with E-state index >= 15 is 0 Å². The van der Waals surface area contributed by atoms with Crippen LogP contribution in [-0.2, 0) is 6.42 Å². The summed E-state index contributed by atoms with van der Waals surface area (Å²) in [6, 6.07) is 3.99. The zero-order chi connectivity index (χ0) is 13.8. The lowest BCUT2D eigenvalue weighted by Gasteiger charge is -2.10. The molecule has 0 atom stereocenters. The van der Waals surface area contributed by atoms with E-state index in [-0.39, 0.29) is 0 Å². The molecule has 0 saturated carbocycles. The second-order valence-electron chi connectivity index (χ2n) is 5.11. The molecule has 0 aromatic carbocycles. The van der Waals surface area contributed by atoms with Gasteiger partial charge in [0.15, 0.2) is 5.82 Å². The van der Waals surface area contributed by atoms with E-state index in [9.17, 15) is 0 Å². The molecule has 4 nitrogen and oxygen atoms in total. The number of nitrogens with one attached hydrogen (secondary N) is 1. The lowest BCUT2D eigenvalue weighted by molar-refractivity contribution is 0.635. The van der Waals surface area contributed by atoms with Crippen molar-refractivity contribution in [2.75, 3.05) is 12.4 Å². The van der Waals surface area contributed by atoms with Crippen molar-refractivity contribution in [2.24, 2.45) is 5.92 Å². The molecule has 0 unspecified atom stereocenters. The van der Waals surface area contributed by atoms with Gasteiger partial charge >= 0.3 is 0 Å². The summed E-state index contributed by atoms with van der Waals surface area (Å²) in [5, 5.41) is 3.10. The quantitative estimate of drug-likeness (QED) is 0.913. The van der Waals surface area contributed by atoms with Gasteiger partial charge in [0.1, 0.15) is 5.82 Å². The fraction of sp³-hybridized carbons (Fsp3) is 0.400. The SMILES string of the molecule is CNc1cc(CC(C)C)nc(-c2cnccc2C)n1. The van der Waals surface area contributed by atoms with Crippen LogP contribution in [0.5, 0.6) is 0 Å². The minimum absolute atomic E-state index is 0.572. The van der Waals surface area contributed by atoms with Crippen molar-refractivity contribution < 1.29 is 0 Å². The van der Waals surface area contributed by atoms with Crippen molar-refractivity contribution in [1.82, 2.24) is 15.0 Å². The predicted octanol–water partition coefficient (Wildman–Crippen LogP) is 3.09. The number of aromatic nitrogens is 3. The summed E-state index contributed by atoms with van der Waals surface area (Å²) in [5.41, 5.74) is 3.19. The van der Waals surface area contributed by atoms with Gasteiger partial charge in [-0.1, -0.05) is 13.8 Å². The van der Waals surface area contributed by atoms with E-state index in [4.69, 9.17) is 0 Å². The first-order chi connectivity index (χ1) is 9.10. The number of hydrogen-bond donors (Lipinski definition) is 1. The molecular weight excluding hydrogens is 236 g/mol. The summed E-state index contributed by atoms with van der Waals surface area (Å²) < 4.78 is 0. The van der Waals surface area contributed by atoms with E-state index in [1.807, 2.05) is 25.4 Å². The summed E-state index contributed by atoms with van der Waals surface area (Å²) in [4.78, 5) is 13.4. The maximum absolute atomic E-state index is 4.66. The highest BCUT2D eigenvalue weighted by atomic mass is 15.0. The molecule has 19 heavy (non-hydrogen) atoms. The van der Waals surface area contributed by atoms with Gasteiger partial charge in [-0.15, -0.1) is 0 Å². The molecule has 2 aromatic rings. The maximum Gasteiger partial charge on any atom is 0.163 e. The Kier molecular flexibility index (Phi) is 4.10. The van der Waals surface area contributed by atoms with E-state index in [0.717, 1.165) is 34.9 Å². The largest absolute Gasteiger partial charge is 0.373 e. The molecular formula is C15H20N4. The summed E-state index contributed by atoms with van der Waals surface area (Å²) in [5.74, 6) is 2.17. The monoisotopic (exact) mass is 256 g/mol. The molecule has 2 rings (SSSR count). The van der Waals surface area contributed by atoms with Gasteiger partial charge < -0.3 is 5.32 Å². The van der Waals surface area contributed by atoms with Gasteiger partial charge in [-0.05, 0) is 30.9 Å². The highest BCUT2D eigenvalue weighted by Crippen LogP contribution is 2.21. The normalized spacial score (nSPS) is 10.8. The van der Waals surface area contributed by atoms with Gasteiger partial charge in [-0.2, -0.15) is 0 Å². The Labute approximate surface area is 114 Å². The molecule has 1 N–H and O–H groups in total. The van der Waals surface area contributed by atoms with Crippen LogP contribution in [0, 0.1) is 12.8 Å². The van der Waals surface area contributed by atoms with Gasteiger partial charge in [0.05, 0.1) is 0 Å². The molecule has 0 aliphatic rings. The first-order valence-electron chi connectivity index (χ1n) is 6.57. The summed E-state index contributed by atoms with van der Waals surface area (Å²) in [7, 11) is 1.88. The van der Waals surface area contributed by atoms with Crippen LogP contribution in [0.1, 0.15) is 25.1 Å². The van der Waals surface area contributed by atoms with Crippen LogP contribution in [0.2, 0.25) is 0 Å². The van der Waals surface area contributed by atoms with E-state index in [1.165, 1.54) is 0 Å². The Balaban J connectivity index is 2.48. The van der Waals surface area contributed by atoms with Gasteiger partial charge in [0.25, 0.3) is 0 Å². The third kappa shape index (κ3) is 3.28. The van der Waals surface area contributed by atoms with Crippen molar-refractivity contribution >= 4 is 5.82 Å². The summed E-state index contributed by atoms with van der Waals surface area (Å²) >= 11 is 0. The Morgan fingerprint density at radius 3 is 2.68 bits per heavy atom. The van der Waals surface area contributed by atoms with E-state index in [2.05, 4.69) is 41.0 Å². The van der Waals surface area contributed by atoms with Crippen molar-refractivity contribution in [3.63, 3.8) is 0 Å². The van der Waals surface area contributed by atoms with Crippen molar-refractivity contribution in [1.29, 1.82) is 0 Å². The molecule has 0 amide bonds. The smallest absolute Gasteiger partial charge is 0.163 e. The molecule has 0 fully saturated rings. The molecule has 0 aliphatic carbocycles. The third-order valence-electron chi connectivity index (χ3n) is 2.93. The van der Waals surface area contributed by atoms with Gasteiger partial charge in [-0.3, -0.25) is 4.98 Å². The Morgan fingerprint density at radius 2 is 2.05 bits per heavy atom. The average Bonchev–Trinajstić information content (AvgIpc) is 2.38. The highest BCUT2D eigenvalue weighted by Gasteiger charge is 2.09. The average molecular weight is 256 g/mol. The van der Waals surface area contributed by atoms with Crippen molar-refractivity contribution in [3.8, 4) is 11.4 Å². The molecule has 100 valence electrons. The van der Waals surface area contributed by atoms with Crippen LogP contribution >= 0.6 is 0 Å². The van der Waals surface area contributed by atoms with Crippen molar-refractivity contribution in [3.05, 3.63) is 35.8 Å². The second-order valence-corrected chi connectivity index (χ2v) is 5.11. The fourth-order valence-electron chi connectivity index (χ4n) is 1.97. The number of aryl methyl sites for hydroxylation is 1. The molecule has 0 aliphatic heterocycles. The number of anilines is 1. The van der Waals surface area contributed by atoms with Gasteiger partial charge in [-0.25, -0.2) is 9.97 Å². The molecule has 2 aromatic heterocycles. The van der Waals surface area contributed by atoms with Gasteiger partial charge in [0.2, 0.25) is 0 Å². The predicted molar refractivity (Wildman–Crippen MR) is 78.1 cm³/mol. The van der Waals surface area contributed by atoms with Gasteiger partial charge in [0, 0.05) is 36.8 Å². The zero-order valence-corrected chi connectivity index (χ0v) is 11.9. The van der Waals surface area contributed by atoms with Crippen molar-refractivity contribution in [2.45, 2.75) is 27.2 Å². The number of rotatable bonds is 4. The molecule has 0 saturated heterocycles. The topological polar surface area (TPSA) is 50.7 Å². The Bertz CT molecular complexity index is 564. The molecule has 0 spiro atoms. The molecule has 2 heterocycles. The molecule has 0 radical (unpaired) electrons. The van der Waals surface area contributed by atoms with Crippen LogP contribution in [-0.4, -0.2) is 22.0 Å². The summed E-state index contributed by atoms with van der Waals surface area (Å²) in [6.07, 6.45) is 4.56. The minimum Gasteiger partial charge on any atom is -0.373 e. The first-order valence-corrected chi connectivity index (χ1v) is 6.57. The van der Waals surface area contributed by atoms with Crippen LogP contribution in [0.4, 0.5) is 5.82 Å². The minimum atomic E-state index is 0.572. The Hall–Kier alpha value is -1.97. The lowest BCUT2D eigenvalue weighted by atomic mass is 10.1. The van der Waals surface area contributed by atoms with Crippen LogP contribution < -0.4 is 5.32 Å². The molecule has 0 bridgehead atoms. The zero-order valence-electron chi connectivity index (χ0n) is 11.9. The lowest BCUT2D eigenvalue weighted by Crippen LogP contribution is -2.04. The standard InChI is InChI=1S/C15H20N4/c1-10(2)7-12-8-14(16-4)19-15(18-12)13-9-17-6-5-11(13)3/h5-6,8-10H,7H2,1-4H3,(H,16,18,19). The number of nitrogens with zero attached hydrogens (tertiary/aromatic N) is 3. The molecule has 4 heteroatoms. The second kappa shape index (κ2) is 5.78. The van der Waals surface area contributed by atoms with E-state index < -0.39 is 0 Å². The van der Waals surface area contributed by atoms with E-state index in [0.29, 0.717) is 5.92 Å². The third-order valence-corrected chi connectivity index (χ3v) is 2.93. The number of hydrogen-bond acceptors (Lipinski definition) is 4.